The Balaban J connectivity index is 1.44. The smallest absolute Gasteiger partial charge is 0.339 e. The van der Waals surface area contributed by atoms with Gasteiger partial charge in [0.25, 0.3) is 5.91 Å². The summed E-state index contributed by atoms with van der Waals surface area (Å²) < 4.78 is 11.0. The third kappa shape index (κ3) is 4.05. The van der Waals surface area contributed by atoms with Gasteiger partial charge in [-0.25, -0.2) is 9.78 Å². The monoisotopic (exact) mass is 430 g/mol. The molecule has 3 heterocycles. The van der Waals surface area contributed by atoms with Crippen molar-refractivity contribution in [2.45, 2.75) is 38.5 Å². The third-order valence-electron chi connectivity index (χ3n) is 6.29. The van der Waals surface area contributed by atoms with Gasteiger partial charge in [0.15, 0.2) is 6.61 Å². The van der Waals surface area contributed by atoms with Crippen molar-refractivity contribution >= 4 is 34.4 Å². The molecule has 0 radical (unpaired) electrons. The fraction of sp³-hybridized carbons (Fsp3) is 0.346. The molecule has 0 spiro atoms. The number of nitrogens with zero attached hydrogens (tertiary/aromatic N) is 2. The van der Waals surface area contributed by atoms with Crippen LogP contribution < -0.4 is 0 Å². The lowest BCUT2D eigenvalue weighted by Crippen LogP contribution is -2.35. The first-order valence-electron chi connectivity index (χ1n) is 11.3. The molecule has 0 atom stereocenters. The molecule has 164 valence electrons. The van der Waals surface area contributed by atoms with E-state index in [2.05, 4.69) is 0 Å². The largest absolute Gasteiger partial charge is 0.465 e. The first-order valence-corrected chi connectivity index (χ1v) is 11.3. The second-order valence-corrected chi connectivity index (χ2v) is 8.39. The first-order chi connectivity index (χ1) is 15.7. The third-order valence-corrected chi connectivity index (χ3v) is 6.29. The van der Waals surface area contributed by atoms with Gasteiger partial charge in [-0.2, -0.15) is 0 Å². The Morgan fingerprint density at radius 1 is 1.03 bits per heavy atom. The molecule has 1 amide bonds. The predicted molar refractivity (Wildman–Crippen MR) is 122 cm³/mol. The number of hydrogen-bond acceptors (Lipinski definition) is 5. The van der Waals surface area contributed by atoms with E-state index in [4.69, 9.17) is 14.1 Å². The molecule has 1 aliphatic heterocycles. The molecule has 0 bridgehead atoms. The van der Waals surface area contributed by atoms with Crippen LogP contribution in [0.2, 0.25) is 0 Å². The first kappa shape index (κ1) is 20.5. The molecular weight excluding hydrogens is 404 g/mol. The van der Waals surface area contributed by atoms with Crippen LogP contribution in [0.1, 0.15) is 59.5 Å². The number of allylic oxidation sites excluding steroid dienone is 1. The minimum absolute atomic E-state index is 0.117. The summed E-state index contributed by atoms with van der Waals surface area (Å²) in [4.78, 5) is 32.5. The summed E-state index contributed by atoms with van der Waals surface area (Å²) in [6.45, 7) is 1.26. The van der Waals surface area contributed by atoms with Gasteiger partial charge in [0, 0.05) is 18.5 Å². The van der Waals surface area contributed by atoms with E-state index in [1.54, 1.807) is 6.26 Å². The minimum Gasteiger partial charge on any atom is -0.465 e. The molecule has 32 heavy (non-hydrogen) atoms. The normalized spacial score (nSPS) is 17.4. The lowest BCUT2D eigenvalue weighted by atomic mass is 10.0. The van der Waals surface area contributed by atoms with E-state index in [0.717, 1.165) is 78.7 Å². The maximum Gasteiger partial charge on any atom is 0.339 e. The number of carbonyl (C=O) groups is 2. The van der Waals surface area contributed by atoms with Gasteiger partial charge in [-0.3, -0.25) is 4.79 Å². The highest BCUT2D eigenvalue weighted by molar-refractivity contribution is 6.07. The molecule has 6 nitrogen and oxygen atoms in total. The molecule has 0 unspecified atom stereocenters. The topological polar surface area (TPSA) is 72.6 Å². The molecule has 1 saturated heterocycles. The summed E-state index contributed by atoms with van der Waals surface area (Å²) in [5, 5.41) is 0.762. The number of ether oxygens (including phenoxy) is 1. The van der Waals surface area contributed by atoms with Crippen LogP contribution in [-0.2, 0) is 16.0 Å². The number of furan rings is 1. The SMILES string of the molecule is O=C(OCC(=O)N1CCCCCC1)c1c2c(nc3ccccc13)C(=Cc1ccco1)CC2. The number of para-hydroxylation sites is 1. The Bertz CT molecular complexity index is 1170. The standard InChI is InChI=1S/C26H26N2O4/c29-23(28-13-5-1-2-6-14-28)17-32-26(30)24-20-9-3-4-10-22(20)27-25-18(11-12-21(24)25)16-19-8-7-15-31-19/h3-4,7-10,15-16H,1-2,5-6,11-14,17H2. The van der Waals surface area contributed by atoms with Crippen LogP contribution in [0.25, 0.3) is 22.6 Å². The van der Waals surface area contributed by atoms with Crippen LogP contribution in [0, 0.1) is 0 Å². The zero-order valence-corrected chi connectivity index (χ0v) is 18.0. The van der Waals surface area contributed by atoms with Gasteiger partial charge in [0.1, 0.15) is 5.76 Å². The average Bonchev–Trinajstić information content (AvgIpc) is 3.38. The minimum atomic E-state index is -0.456. The zero-order valence-electron chi connectivity index (χ0n) is 18.0. The van der Waals surface area contributed by atoms with Crippen LogP contribution in [0.3, 0.4) is 0 Å². The molecule has 0 N–H and O–H groups in total. The number of aromatic nitrogens is 1. The van der Waals surface area contributed by atoms with Crippen molar-refractivity contribution in [3.05, 3.63) is 65.2 Å². The number of pyridine rings is 1. The Kier molecular flexibility index (Phi) is 5.75. The number of rotatable bonds is 4. The second-order valence-electron chi connectivity index (χ2n) is 8.39. The number of fused-ring (bicyclic) bond motifs is 2. The number of benzene rings is 1. The van der Waals surface area contributed by atoms with Gasteiger partial charge in [0.2, 0.25) is 0 Å². The molecule has 6 heteroatoms. The maximum absolute atomic E-state index is 13.2. The number of carbonyl (C=O) groups excluding carboxylic acids is 2. The van der Waals surface area contributed by atoms with Gasteiger partial charge in [-0.1, -0.05) is 31.0 Å². The summed E-state index contributed by atoms with van der Waals surface area (Å²) in [6, 6.07) is 11.3. The van der Waals surface area contributed by atoms with E-state index in [1.807, 2.05) is 47.4 Å². The summed E-state index contributed by atoms with van der Waals surface area (Å²) in [6.07, 6.45) is 9.39. The van der Waals surface area contributed by atoms with Crippen LogP contribution in [0.4, 0.5) is 0 Å². The highest BCUT2D eigenvalue weighted by Crippen LogP contribution is 2.37. The lowest BCUT2D eigenvalue weighted by Gasteiger charge is -2.20. The molecule has 1 aromatic carbocycles. The predicted octanol–water partition coefficient (Wildman–Crippen LogP) is 4.87. The Labute approximate surface area is 186 Å². The Morgan fingerprint density at radius 3 is 2.62 bits per heavy atom. The van der Waals surface area contributed by atoms with Crippen molar-refractivity contribution in [1.29, 1.82) is 0 Å². The van der Waals surface area contributed by atoms with Crippen molar-refractivity contribution in [2.24, 2.45) is 0 Å². The van der Waals surface area contributed by atoms with Gasteiger partial charge in [-0.15, -0.1) is 0 Å². The molecule has 1 fully saturated rings. The number of esters is 1. The molecule has 0 saturated carbocycles. The Hall–Kier alpha value is -3.41. The highest BCUT2D eigenvalue weighted by Gasteiger charge is 2.28. The highest BCUT2D eigenvalue weighted by atomic mass is 16.5. The fourth-order valence-electron chi connectivity index (χ4n) is 4.67. The Morgan fingerprint density at radius 2 is 1.84 bits per heavy atom. The number of likely N-dealkylation sites (tertiary alicyclic amines) is 1. The van der Waals surface area contributed by atoms with Crippen molar-refractivity contribution in [1.82, 2.24) is 9.88 Å². The van der Waals surface area contributed by atoms with Crippen LogP contribution in [0.15, 0.2) is 47.1 Å². The van der Waals surface area contributed by atoms with Gasteiger partial charge >= 0.3 is 5.97 Å². The van der Waals surface area contributed by atoms with E-state index < -0.39 is 5.97 Å². The summed E-state index contributed by atoms with van der Waals surface area (Å²) >= 11 is 0. The fourth-order valence-corrected chi connectivity index (χ4v) is 4.67. The van der Waals surface area contributed by atoms with Crippen molar-refractivity contribution in [2.75, 3.05) is 19.7 Å². The number of amides is 1. The van der Waals surface area contributed by atoms with Crippen LogP contribution in [-0.4, -0.2) is 41.5 Å². The average molecular weight is 431 g/mol. The molecule has 5 rings (SSSR count). The lowest BCUT2D eigenvalue weighted by molar-refractivity contribution is -0.134. The van der Waals surface area contributed by atoms with Gasteiger partial charge in [-0.05, 0) is 61.1 Å². The van der Waals surface area contributed by atoms with E-state index in [-0.39, 0.29) is 12.5 Å². The van der Waals surface area contributed by atoms with Crippen molar-refractivity contribution in [3.8, 4) is 0 Å². The summed E-state index contributed by atoms with van der Waals surface area (Å²) in [5.41, 5.74) is 4.00. The quantitative estimate of drug-likeness (QED) is 0.552. The molecule has 3 aromatic rings. The summed E-state index contributed by atoms with van der Waals surface area (Å²) in [5.74, 6) is 0.186. The van der Waals surface area contributed by atoms with Gasteiger partial charge < -0.3 is 14.1 Å². The van der Waals surface area contributed by atoms with Crippen molar-refractivity contribution < 1.29 is 18.7 Å². The van der Waals surface area contributed by atoms with Gasteiger partial charge in [0.05, 0.1) is 23.0 Å². The summed E-state index contributed by atoms with van der Waals surface area (Å²) in [7, 11) is 0. The molecule has 2 aliphatic rings. The van der Waals surface area contributed by atoms with Crippen LogP contribution in [0.5, 0.6) is 0 Å². The zero-order chi connectivity index (χ0) is 21.9. The van der Waals surface area contributed by atoms with E-state index in [9.17, 15) is 9.59 Å². The van der Waals surface area contributed by atoms with E-state index in [1.165, 1.54) is 0 Å². The maximum atomic E-state index is 13.2. The molecule has 2 aromatic heterocycles. The van der Waals surface area contributed by atoms with Crippen LogP contribution >= 0.6 is 0 Å². The second kappa shape index (κ2) is 8.99. The van der Waals surface area contributed by atoms with Crippen molar-refractivity contribution in [3.63, 3.8) is 0 Å². The molecular formula is C26H26N2O4. The van der Waals surface area contributed by atoms with E-state index >= 15 is 0 Å². The van der Waals surface area contributed by atoms with E-state index in [0.29, 0.717) is 12.0 Å². The molecule has 1 aliphatic carbocycles. The number of hydrogen-bond donors (Lipinski definition) is 0.